The molecule has 4 nitrogen and oxygen atoms in total. The predicted octanol–water partition coefficient (Wildman–Crippen LogP) is 15.8. The van der Waals surface area contributed by atoms with Crippen LogP contribution in [0.2, 0.25) is 0 Å². The highest BCUT2D eigenvalue weighted by molar-refractivity contribution is 7.62. The van der Waals surface area contributed by atoms with E-state index >= 15 is 0 Å². The molecule has 0 atom stereocenters. The summed E-state index contributed by atoms with van der Waals surface area (Å²) in [7, 11) is 4.08. The van der Waals surface area contributed by atoms with Gasteiger partial charge < -0.3 is 19.2 Å². The first-order valence-corrected chi connectivity index (χ1v) is 28.0. The molecule has 0 bridgehead atoms. The van der Waals surface area contributed by atoms with Crippen molar-refractivity contribution in [1.29, 1.82) is 0 Å². The molecular formula is C48H88B2N4P4. The van der Waals surface area contributed by atoms with Crippen LogP contribution in [0, 0.1) is 0 Å². The van der Waals surface area contributed by atoms with E-state index in [0.29, 0.717) is 41.2 Å². The van der Waals surface area contributed by atoms with E-state index in [1.165, 1.54) is 22.7 Å². The van der Waals surface area contributed by atoms with Crippen LogP contribution in [0.3, 0.4) is 0 Å². The molecule has 326 valence electrons. The van der Waals surface area contributed by atoms with E-state index < -0.39 is 0 Å². The third kappa shape index (κ3) is 13.7. The average molecular weight is 867 g/mol. The fourth-order valence-corrected chi connectivity index (χ4v) is 22.8. The number of hydrogen-bond acceptors (Lipinski definition) is 4. The van der Waals surface area contributed by atoms with Gasteiger partial charge in [-0.05, 0) is 65.5 Å². The Morgan fingerprint density at radius 1 is 0.293 bits per heavy atom. The van der Waals surface area contributed by atoms with Gasteiger partial charge in [-0.2, -0.15) is 0 Å². The number of nitrogens with zero attached hydrogens (tertiary/aromatic N) is 4. The van der Waals surface area contributed by atoms with Gasteiger partial charge in [-0.1, -0.05) is 222 Å². The molecule has 0 spiro atoms. The van der Waals surface area contributed by atoms with Crippen molar-refractivity contribution in [2.75, 3.05) is 44.4 Å². The first-order valence-electron chi connectivity index (χ1n) is 21.9. The molecule has 2 aromatic carbocycles. The van der Waals surface area contributed by atoms with E-state index in [1.807, 2.05) is 0 Å². The van der Waals surface area contributed by atoms with Crippen molar-refractivity contribution in [2.45, 2.75) is 207 Å². The van der Waals surface area contributed by atoms with Crippen LogP contribution < -0.4 is 19.2 Å². The molecule has 10 heteroatoms. The monoisotopic (exact) mass is 867 g/mol. The fourth-order valence-electron chi connectivity index (χ4n) is 9.27. The van der Waals surface area contributed by atoms with Gasteiger partial charge in [-0.15, -0.1) is 0 Å². The quantitative estimate of drug-likeness (QED) is 0.194. The lowest BCUT2D eigenvalue weighted by Crippen LogP contribution is -2.41. The standard InChI is InChI=1S/2C24H44BN2P2/c2*1-21(2,3)28(22(4,5)6)17-26-19-15-13-14-16-20(19)27(25-26)18-29(23(7,8)9)24(10,11)12/h2*13-16H,17-18H2,1-12H3. The van der Waals surface area contributed by atoms with E-state index in [0.717, 1.165) is 25.1 Å². The number of fused-ring (bicyclic) bond motifs is 2. The molecule has 2 aromatic rings. The Morgan fingerprint density at radius 3 is 0.552 bits per heavy atom. The van der Waals surface area contributed by atoms with Crippen molar-refractivity contribution in [3.8, 4) is 0 Å². The summed E-state index contributed by atoms with van der Waals surface area (Å²) in [5.41, 5.74) is 5.52. The number of benzene rings is 2. The minimum absolute atomic E-state index is 0.189. The molecule has 2 radical (unpaired) electrons. The minimum atomic E-state index is -0.189. The largest absolute Gasteiger partial charge is 0.393 e. The Labute approximate surface area is 368 Å². The molecule has 0 fully saturated rings. The van der Waals surface area contributed by atoms with E-state index in [2.05, 4.69) is 249 Å². The molecule has 58 heavy (non-hydrogen) atoms. The molecular weight excluding hydrogens is 778 g/mol. The molecule has 0 aliphatic carbocycles. The smallest absolute Gasteiger partial charge is 0.392 e. The van der Waals surface area contributed by atoms with Gasteiger partial charge in [0.1, 0.15) is 0 Å². The Kier molecular flexibility index (Phi) is 16.4. The summed E-state index contributed by atoms with van der Waals surface area (Å²) in [5, 5.41) is 2.61. The summed E-state index contributed by atoms with van der Waals surface area (Å²) in [5.74, 6) is 0. The molecule has 0 N–H and O–H groups in total. The third-order valence-corrected chi connectivity index (χ3v) is 26.5. The van der Waals surface area contributed by atoms with E-state index in [1.54, 1.807) is 0 Å². The van der Waals surface area contributed by atoms with Crippen LogP contribution in [0.1, 0.15) is 166 Å². The molecule has 0 unspecified atom stereocenters. The Balaban J connectivity index is 0.000000310. The molecule has 0 saturated heterocycles. The van der Waals surface area contributed by atoms with Gasteiger partial charge in [-0.3, -0.25) is 0 Å². The second-order valence-electron chi connectivity index (χ2n) is 24.7. The normalized spacial score (nSPS) is 15.9. The molecule has 4 rings (SSSR count). The molecule has 2 heterocycles. The van der Waals surface area contributed by atoms with Gasteiger partial charge >= 0.3 is 15.1 Å². The van der Waals surface area contributed by atoms with Gasteiger partial charge in [0.25, 0.3) is 0 Å². The van der Waals surface area contributed by atoms with Gasteiger partial charge in [0.05, 0.1) is 0 Å². The SMILES string of the molecule is CC(C)(C)P(CN1[B]N(CP(C(C)(C)C)C(C)(C)C)c2ccccc21)C(C)(C)C.CC(C)(C)P(CN1[B]N(CP(C(C)(C)C)C(C)(C)C)c2ccccc21)C(C)(C)C. The summed E-state index contributed by atoms with van der Waals surface area (Å²) in [6.45, 7) is 58.1. The molecule has 2 aliphatic rings. The van der Waals surface area contributed by atoms with Crippen molar-refractivity contribution in [2.24, 2.45) is 0 Å². The molecule has 0 amide bonds. The Bertz CT molecular complexity index is 1330. The van der Waals surface area contributed by atoms with Crippen molar-refractivity contribution in [3.05, 3.63) is 48.5 Å². The first-order chi connectivity index (χ1) is 25.8. The van der Waals surface area contributed by atoms with Crippen LogP contribution in [-0.4, -0.2) is 81.5 Å². The maximum atomic E-state index is 2.55. The zero-order chi connectivity index (χ0) is 44.8. The second kappa shape index (κ2) is 18.3. The highest BCUT2D eigenvalue weighted by atomic mass is 31.1. The summed E-state index contributed by atoms with van der Waals surface area (Å²) in [4.78, 5) is 10.2. The fraction of sp³-hybridized carbons (Fsp3) is 0.750. The van der Waals surface area contributed by atoms with Crippen molar-refractivity contribution in [1.82, 2.24) is 0 Å². The number of anilines is 4. The number of rotatable bonds is 8. The van der Waals surface area contributed by atoms with Crippen LogP contribution in [0.25, 0.3) is 0 Å². The van der Waals surface area contributed by atoms with Crippen LogP contribution in [0.5, 0.6) is 0 Å². The molecule has 2 aliphatic heterocycles. The van der Waals surface area contributed by atoms with Crippen LogP contribution >= 0.6 is 31.7 Å². The number of para-hydroxylation sites is 4. The molecule has 0 aromatic heterocycles. The Morgan fingerprint density at radius 2 is 0.431 bits per heavy atom. The Hall–Kier alpha value is -0.510. The van der Waals surface area contributed by atoms with Gasteiger partial charge in [-0.25, -0.2) is 0 Å². The topological polar surface area (TPSA) is 13.0 Å². The average Bonchev–Trinajstić information content (AvgIpc) is 3.53. The summed E-state index contributed by atoms with van der Waals surface area (Å²) in [6.07, 6.45) is 4.50. The van der Waals surface area contributed by atoms with E-state index in [-0.39, 0.29) is 31.7 Å². The van der Waals surface area contributed by atoms with Crippen molar-refractivity contribution in [3.63, 3.8) is 0 Å². The zero-order valence-electron chi connectivity index (χ0n) is 42.2. The van der Waals surface area contributed by atoms with E-state index in [4.69, 9.17) is 0 Å². The van der Waals surface area contributed by atoms with Gasteiger partial charge in [0.2, 0.25) is 0 Å². The van der Waals surface area contributed by atoms with Crippen molar-refractivity contribution < 1.29 is 0 Å². The highest BCUT2D eigenvalue weighted by Gasteiger charge is 2.43. The first kappa shape index (κ1) is 51.8. The van der Waals surface area contributed by atoms with Crippen LogP contribution in [0.4, 0.5) is 22.7 Å². The maximum Gasteiger partial charge on any atom is 0.392 e. The van der Waals surface area contributed by atoms with Crippen molar-refractivity contribution >= 4 is 69.5 Å². The van der Waals surface area contributed by atoms with Gasteiger partial charge in [0, 0.05) is 47.9 Å². The summed E-state index contributed by atoms with van der Waals surface area (Å²) < 4.78 is 0. The number of hydrogen-bond donors (Lipinski definition) is 0. The van der Waals surface area contributed by atoms with Crippen LogP contribution in [0.15, 0.2) is 48.5 Å². The third-order valence-electron chi connectivity index (χ3n) is 11.2. The van der Waals surface area contributed by atoms with E-state index in [9.17, 15) is 0 Å². The highest BCUT2D eigenvalue weighted by Crippen LogP contribution is 2.64. The lowest BCUT2D eigenvalue weighted by atomic mass is 10.1. The summed E-state index contributed by atoms with van der Waals surface area (Å²) in [6, 6.07) is 18.0. The van der Waals surface area contributed by atoms with Crippen LogP contribution in [-0.2, 0) is 0 Å². The second-order valence-corrected chi connectivity index (χ2v) is 40.0. The lowest BCUT2D eigenvalue weighted by Gasteiger charge is -2.45. The lowest BCUT2D eigenvalue weighted by molar-refractivity contribution is 0.702. The zero-order valence-corrected chi connectivity index (χ0v) is 45.8. The summed E-state index contributed by atoms with van der Waals surface area (Å²) >= 11 is 0. The molecule has 0 saturated carbocycles. The van der Waals surface area contributed by atoms with Gasteiger partial charge in [0.15, 0.2) is 0 Å². The maximum absolute atomic E-state index is 2.55. The predicted molar refractivity (Wildman–Crippen MR) is 279 cm³/mol. The minimum Gasteiger partial charge on any atom is -0.393 e.